The lowest BCUT2D eigenvalue weighted by Gasteiger charge is -2.09. The first-order valence-corrected chi connectivity index (χ1v) is 7.86. The van der Waals surface area contributed by atoms with Crippen LogP contribution in [0.25, 0.3) is 17.6 Å². The quantitative estimate of drug-likeness (QED) is 0.452. The van der Waals surface area contributed by atoms with Crippen molar-refractivity contribution in [1.82, 2.24) is 19.7 Å². The van der Waals surface area contributed by atoms with Crippen molar-refractivity contribution in [2.24, 2.45) is 0 Å². The van der Waals surface area contributed by atoms with E-state index in [4.69, 9.17) is 21.1 Å². The lowest BCUT2D eigenvalue weighted by molar-refractivity contribution is -0.141. The van der Waals surface area contributed by atoms with Gasteiger partial charge >= 0.3 is 5.97 Å². The van der Waals surface area contributed by atoms with Crippen molar-refractivity contribution < 1.29 is 14.3 Å². The average Bonchev–Trinajstić information content (AvgIpc) is 2.92. The Morgan fingerprint density at radius 1 is 1.25 bits per heavy atom. The van der Waals surface area contributed by atoms with Gasteiger partial charge in [-0.3, -0.25) is 0 Å². The number of pyridine rings is 1. The molecule has 0 amide bonds. The van der Waals surface area contributed by atoms with Gasteiger partial charge in [-0.05, 0) is 33.8 Å². The molecule has 2 rings (SSSR count). The Labute approximate surface area is 145 Å². The summed E-state index contributed by atoms with van der Waals surface area (Å²) in [5.41, 5.74) is 0.669. The molecule has 0 atom stereocenters. The van der Waals surface area contributed by atoms with Gasteiger partial charge in [-0.2, -0.15) is 0 Å². The molecular weight excluding hydrogens is 332 g/mol. The summed E-state index contributed by atoms with van der Waals surface area (Å²) >= 11 is 6.01. The van der Waals surface area contributed by atoms with Crippen LogP contribution in [0, 0.1) is 0 Å². The highest BCUT2D eigenvalue weighted by molar-refractivity contribution is 6.29. The lowest BCUT2D eigenvalue weighted by atomic mass is 10.2. The highest BCUT2D eigenvalue weighted by Gasteiger charge is 2.10. The van der Waals surface area contributed by atoms with Crippen LogP contribution in [-0.4, -0.2) is 37.9 Å². The number of carbonyl (C=O) groups is 1. The number of carbonyl (C=O) groups excluding carboxylic acids is 1. The van der Waals surface area contributed by atoms with Gasteiger partial charge in [0.25, 0.3) is 0 Å². The van der Waals surface area contributed by atoms with Gasteiger partial charge in [-0.1, -0.05) is 11.6 Å². The maximum absolute atomic E-state index is 11.5. The number of aromatic nitrogens is 4. The molecule has 0 spiro atoms. The minimum atomic E-state index is -0.443. The molecule has 128 valence electrons. The van der Waals surface area contributed by atoms with Gasteiger partial charge < -0.3 is 9.47 Å². The van der Waals surface area contributed by atoms with E-state index in [2.05, 4.69) is 15.1 Å². The van der Waals surface area contributed by atoms with Gasteiger partial charge in [-0.15, -0.1) is 5.10 Å². The monoisotopic (exact) mass is 350 g/mol. The summed E-state index contributed by atoms with van der Waals surface area (Å²) in [5, 5.41) is 4.55. The van der Waals surface area contributed by atoms with Crippen molar-refractivity contribution in [2.45, 2.75) is 39.9 Å². The molecule has 0 saturated heterocycles. The van der Waals surface area contributed by atoms with Crippen LogP contribution in [0.4, 0.5) is 0 Å². The molecule has 0 N–H and O–H groups in total. The minimum Gasteiger partial charge on any atom is -0.475 e. The summed E-state index contributed by atoms with van der Waals surface area (Å²) in [6, 6.07) is 3.35. The molecule has 2 aromatic heterocycles. The summed E-state index contributed by atoms with van der Waals surface area (Å²) in [4.78, 5) is 19.8. The summed E-state index contributed by atoms with van der Waals surface area (Å²) < 4.78 is 12.0. The molecule has 0 aliphatic carbocycles. The van der Waals surface area contributed by atoms with Crippen molar-refractivity contribution in [1.29, 1.82) is 0 Å². The van der Waals surface area contributed by atoms with Crippen LogP contribution in [0.15, 0.2) is 24.5 Å². The molecular formula is C16H19ClN4O3. The van der Waals surface area contributed by atoms with E-state index in [1.54, 1.807) is 26.0 Å². The van der Waals surface area contributed by atoms with E-state index < -0.39 is 5.97 Å². The molecule has 0 aliphatic heterocycles. The fraction of sp³-hybridized carbons (Fsp3) is 0.375. The van der Waals surface area contributed by atoms with E-state index in [-0.39, 0.29) is 17.4 Å². The Morgan fingerprint density at radius 3 is 2.67 bits per heavy atom. The van der Waals surface area contributed by atoms with Gasteiger partial charge in [0, 0.05) is 23.9 Å². The maximum Gasteiger partial charge on any atom is 0.332 e. The van der Waals surface area contributed by atoms with Crippen LogP contribution in [0.2, 0.25) is 5.15 Å². The molecule has 0 unspecified atom stereocenters. The van der Waals surface area contributed by atoms with E-state index in [0.29, 0.717) is 17.3 Å². The molecule has 0 bridgehead atoms. The Morgan fingerprint density at radius 2 is 2.00 bits per heavy atom. The topological polar surface area (TPSA) is 79.1 Å². The fourth-order valence-electron chi connectivity index (χ4n) is 1.79. The Hall–Kier alpha value is -2.41. The second kappa shape index (κ2) is 7.92. The minimum absolute atomic E-state index is 0.0239. The molecule has 0 radical (unpaired) electrons. The smallest absolute Gasteiger partial charge is 0.332 e. The molecule has 8 heteroatoms. The zero-order valence-corrected chi connectivity index (χ0v) is 14.7. The third kappa shape index (κ3) is 5.34. The van der Waals surface area contributed by atoms with Crippen molar-refractivity contribution in [3.63, 3.8) is 0 Å². The molecule has 0 aliphatic rings. The molecule has 2 heterocycles. The second-order valence-corrected chi connectivity index (χ2v) is 5.92. The van der Waals surface area contributed by atoms with Crippen LogP contribution < -0.4 is 4.74 Å². The van der Waals surface area contributed by atoms with Gasteiger partial charge in [0.1, 0.15) is 11.5 Å². The number of ether oxygens (including phenoxy) is 2. The summed E-state index contributed by atoms with van der Waals surface area (Å²) in [7, 11) is 0. The SMILES string of the molecule is CC(C)OC(=O)/C=C\n1cnc(-c2cc(Cl)nc(OC(C)C)c2)n1. The fourth-order valence-corrected chi connectivity index (χ4v) is 1.99. The van der Waals surface area contributed by atoms with Crippen LogP contribution in [-0.2, 0) is 9.53 Å². The Balaban J connectivity index is 2.17. The number of rotatable bonds is 6. The Bertz CT molecular complexity index is 741. The average molecular weight is 351 g/mol. The zero-order chi connectivity index (χ0) is 17.7. The second-order valence-electron chi connectivity index (χ2n) is 5.53. The summed E-state index contributed by atoms with van der Waals surface area (Å²) in [5.74, 6) is 0.399. The largest absolute Gasteiger partial charge is 0.475 e. The highest BCUT2D eigenvalue weighted by Crippen LogP contribution is 2.23. The van der Waals surface area contributed by atoms with E-state index >= 15 is 0 Å². The van der Waals surface area contributed by atoms with Gasteiger partial charge in [-0.25, -0.2) is 19.4 Å². The first kappa shape index (κ1) is 17.9. The molecule has 7 nitrogen and oxygen atoms in total. The molecule has 0 fully saturated rings. The van der Waals surface area contributed by atoms with Gasteiger partial charge in [0.15, 0.2) is 5.82 Å². The van der Waals surface area contributed by atoms with Crippen molar-refractivity contribution in [2.75, 3.05) is 0 Å². The van der Waals surface area contributed by atoms with Gasteiger partial charge in [0.2, 0.25) is 5.88 Å². The summed E-state index contributed by atoms with van der Waals surface area (Å²) in [6.45, 7) is 7.36. The Kier molecular flexibility index (Phi) is 5.92. The first-order valence-electron chi connectivity index (χ1n) is 7.48. The molecule has 0 aromatic carbocycles. The molecule has 0 saturated carbocycles. The van der Waals surface area contributed by atoms with Gasteiger partial charge in [0.05, 0.1) is 12.2 Å². The number of esters is 1. The lowest BCUT2D eigenvalue weighted by Crippen LogP contribution is -2.08. The highest BCUT2D eigenvalue weighted by atomic mass is 35.5. The zero-order valence-electron chi connectivity index (χ0n) is 13.9. The van der Waals surface area contributed by atoms with E-state index in [9.17, 15) is 4.79 Å². The number of halogens is 1. The standard InChI is InChI=1S/C16H19ClN4O3/c1-10(2)23-14-8-12(7-13(17)19-14)16-18-9-21(20-16)6-5-15(22)24-11(3)4/h5-11H,1-4H3/b6-5-. The van der Waals surface area contributed by atoms with Crippen LogP contribution >= 0.6 is 11.6 Å². The van der Waals surface area contributed by atoms with E-state index in [1.165, 1.54) is 23.3 Å². The van der Waals surface area contributed by atoms with Crippen LogP contribution in [0.1, 0.15) is 27.7 Å². The van der Waals surface area contributed by atoms with Crippen molar-refractivity contribution in [3.8, 4) is 17.3 Å². The number of hydrogen-bond donors (Lipinski definition) is 0. The molecule has 2 aromatic rings. The van der Waals surface area contributed by atoms with E-state index in [0.717, 1.165) is 0 Å². The normalized spacial score (nSPS) is 11.5. The van der Waals surface area contributed by atoms with E-state index in [1.807, 2.05) is 13.8 Å². The summed E-state index contributed by atoms with van der Waals surface area (Å²) in [6.07, 6.45) is 4.03. The third-order valence-electron chi connectivity index (χ3n) is 2.61. The predicted octanol–water partition coefficient (Wildman–Crippen LogP) is 3.20. The third-order valence-corrected chi connectivity index (χ3v) is 2.80. The maximum atomic E-state index is 11.5. The predicted molar refractivity (Wildman–Crippen MR) is 90.6 cm³/mol. The van der Waals surface area contributed by atoms with Crippen molar-refractivity contribution >= 4 is 23.8 Å². The van der Waals surface area contributed by atoms with Crippen LogP contribution in [0.3, 0.4) is 0 Å². The first-order chi connectivity index (χ1) is 11.3. The van der Waals surface area contributed by atoms with Crippen molar-refractivity contribution in [3.05, 3.63) is 29.7 Å². The number of nitrogens with zero attached hydrogens (tertiary/aromatic N) is 4. The number of hydrogen-bond acceptors (Lipinski definition) is 6. The molecule has 24 heavy (non-hydrogen) atoms. The van der Waals surface area contributed by atoms with Crippen LogP contribution in [0.5, 0.6) is 5.88 Å².